The van der Waals surface area contributed by atoms with Crippen LogP contribution in [0.25, 0.3) is 0 Å². The molecule has 3 aliphatic heterocycles. The number of aliphatic hydroxyl groups is 1. The summed E-state index contributed by atoms with van der Waals surface area (Å²) in [5.74, 6) is 0. The lowest BCUT2D eigenvalue weighted by Crippen LogP contribution is -2.63. The van der Waals surface area contributed by atoms with E-state index in [1.54, 1.807) is 18.5 Å². The number of likely N-dealkylation sites (tertiary alicyclic amines) is 1. The molecule has 0 bridgehead atoms. The van der Waals surface area contributed by atoms with Gasteiger partial charge in [0.2, 0.25) is 0 Å². The first-order valence-electron chi connectivity index (χ1n) is 9.85. The molecule has 0 radical (unpaired) electrons. The molecule has 0 amide bonds. The molecular formula is C19H30N4O2. The van der Waals surface area contributed by atoms with Crippen molar-refractivity contribution in [3.05, 3.63) is 18.5 Å². The zero-order valence-corrected chi connectivity index (χ0v) is 15.0. The molecule has 1 aromatic rings. The summed E-state index contributed by atoms with van der Waals surface area (Å²) in [5, 5.41) is 11.4. The van der Waals surface area contributed by atoms with E-state index in [1.807, 2.05) is 0 Å². The van der Waals surface area contributed by atoms with Gasteiger partial charge in [0.25, 0.3) is 0 Å². The Morgan fingerprint density at radius 3 is 2.60 bits per heavy atom. The molecule has 2 atom stereocenters. The maximum Gasteiger partial charge on any atom is 0.316 e. The van der Waals surface area contributed by atoms with Gasteiger partial charge in [0.1, 0.15) is 6.10 Å². The predicted octanol–water partition coefficient (Wildman–Crippen LogP) is 1.70. The van der Waals surface area contributed by atoms with Crippen molar-refractivity contribution in [2.75, 3.05) is 32.7 Å². The maximum absolute atomic E-state index is 11.4. The van der Waals surface area contributed by atoms with Crippen molar-refractivity contribution in [1.29, 1.82) is 0 Å². The van der Waals surface area contributed by atoms with Gasteiger partial charge in [-0.05, 0) is 57.7 Å². The van der Waals surface area contributed by atoms with Crippen molar-refractivity contribution in [1.82, 2.24) is 19.8 Å². The molecule has 3 fully saturated rings. The Labute approximate surface area is 150 Å². The van der Waals surface area contributed by atoms with Crippen LogP contribution in [0.15, 0.2) is 18.5 Å². The molecular weight excluding hydrogens is 316 g/mol. The second-order valence-corrected chi connectivity index (χ2v) is 7.88. The molecule has 138 valence electrons. The van der Waals surface area contributed by atoms with Gasteiger partial charge in [0, 0.05) is 38.1 Å². The summed E-state index contributed by atoms with van der Waals surface area (Å²) < 4.78 is 5.89. The molecule has 4 heterocycles. The maximum atomic E-state index is 11.4. The van der Waals surface area contributed by atoms with Gasteiger partial charge in [-0.1, -0.05) is 6.42 Å². The van der Waals surface area contributed by atoms with Gasteiger partial charge < -0.3 is 14.7 Å². The van der Waals surface area contributed by atoms with Crippen LogP contribution in [0.5, 0.6) is 6.01 Å². The summed E-state index contributed by atoms with van der Waals surface area (Å²) >= 11 is 0. The first kappa shape index (κ1) is 17.2. The summed E-state index contributed by atoms with van der Waals surface area (Å²) in [4.78, 5) is 13.3. The minimum atomic E-state index is -0.533. The van der Waals surface area contributed by atoms with E-state index in [4.69, 9.17) is 4.74 Å². The molecule has 6 nitrogen and oxygen atoms in total. The van der Waals surface area contributed by atoms with Crippen LogP contribution in [-0.2, 0) is 0 Å². The number of rotatable bonds is 4. The van der Waals surface area contributed by atoms with Crippen molar-refractivity contribution >= 4 is 0 Å². The van der Waals surface area contributed by atoms with Crippen molar-refractivity contribution in [2.45, 2.75) is 62.7 Å². The highest BCUT2D eigenvalue weighted by Crippen LogP contribution is 2.35. The normalized spacial score (nSPS) is 32.3. The molecule has 6 heteroatoms. The van der Waals surface area contributed by atoms with E-state index in [9.17, 15) is 5.11 Å². The molecule has 1 aromatic heterocycles. The summed E-state index contributed by atoms with van der Waals surface area (Å²) in [7, 11) is 0. The number of fused-ring (bicyclic) bond motifs is 1. The van der Waals surface area contributed by atoms with Gasteiger partial charge in [0.05, 0.1) is 5.60 Å². The first-order chi connectivity index (χ1) is 12.2. The Balaban J connectivity index is 1.30. The van der Waals surface area contributed by atoms with Crippen LogP contribution < -0.4 is 4.74 Å². The van der Waals surface area contributed by atoms with Gasteiger partial charge in [-0.15, -0.1) is 0 Å². The minimum absolute atomic E-state index is 0.186. The number of nitrogens with zero attached hydrogens (tertiary/aromatic N) is 4. The fourth-order valence-corrected chi connectivity index (χ4v) is 4.87. The highest BCUT2D eigenvalue weighted by atomic mass is 16.5. The number of ether oxygens (including phenoxy) is 1. The molecule has 1 N–H and O–H groups in total. The van der Waals surface area contributed by atoms with Crippen LogP contribution in [0.2, 0.25) is 0 Å². The third kappa shape index (κ3) is 3.96. The average molecular weight is 346 g/mol. The Morgan fingerprint density at radius 1 is 1.04 bits per heavy atom. The Bertz CT molecular complexity index is 548. The zero-order chi connectivity index (χ0) is 17.1. The van der Waals surface area contributed by atoms with Crippen LogP contribution in [0.4, 0.5) is 0 Å². The standard InChI is InChI=1S/C19H30N4O2/c24-19(8-3-12-23-11-2-1-5-17(19)23)15-22-13-6-16(7-14-22)25-18-20-9-4-10-21-18/h4,9-10,16-17,24H,1-3,5-8,11-15H2/t17-,19-/m1/s1. The van der Waals surface area contributed by atoms with Gasteiger partial charge in [-0.3, -0.25) is 4.90 Å². The Morgan fingerprint density at radius 2 is 1.80 bits per heavy atom. The summed E-state index contributed by atoms with van der Waals surface area (Å²) in [6.45, 7) is 5.10. The van der Waals surface area contributed by atoms with Crippen LogP contribution >= 0.6 is 0 Å². The first-order valence-corrected chi connectivity index (χ1v) is 9.85. The Hall–Kier alpha value is -1.24. The molecule has 0 aromatic carbocycles. The van der Waals surface area contributed by atoms with Crippen LogP contribution in [-0.4, -0.2) is 75.3 Å². The summed E-state index contributed by atoms with van der Waals surface area (Å²) in [6, 6.07) is 2.64. The number of hydrogen-bond acceptors (Lipinski definition) is 6. The minimum Gasteiger partial charge on any atom is -0.460 e. The number of aromatic nitrogens is 2. The highest BCUT2D eigenvalue weighted by molar-refractivity contribution is 5.01. The van der Waals surface area contributed by atoms with E-state index < -0.39 is 5.60 Å². The average Bonchev–Trinajstić information content (AvgIpc) is 2.65. The van der Waals surface area contributed by atoms with E-state index in [2.05, 4.69) is 19.8 Å². The molecule has 0 spiro atoms. The molecule has 3 aliphatic rings. The number of piperidine rings is 3. The van der Waals surface area contributed by atoms with E-state index >= 15 is 0 Å². The SMILES string of the molecule is O[C@@]1(CN2CCC(Oc3ncccn3)CC2)CCCN2CCCC[C@@H]21. The largest absolute Gasteiger partial charge is 0.460 e. The van der Waals surface area contributed by atoms with E-state index in [0.717, 1.165) is 51.7 Å². The van der Waals surface area contributed by atoms with Crippen molar-refractivity contribution in [3.8, 4) is 6.01 Å². The second-order valence-electron chi connectivity index (χ2n) is 7.88. The quantitative estimate of drug-likeness (QED) is 0.895. The van der Waals surface area contributed by atoms with Gasteiger partial charge in [0.15, 0.2) is 0 Å². The fraction of sp³-hybridized carbons (Fsp3) is 0.789. The molecule has 25 heavy (non-hydrogen) atoms. The lowest BCUT2D eigenvalue weighted by atomic mass is 9.79. The third-order valence-electron chi connectivity index (χ3n) is 6.14. The van der Waals surface area contributed by atoms with Gasteiger partial charge >= 0.3 is 6.01 Å². The van der Waals surface area contributed by atoms with Crippen LogP contribution in [0.1, 0.15) is 44.9 Å². The van der Waals surface area contributed by atoms with E-state index in [1.165, 1.54) is 25.9 Å². The van der Waals surface area contributed by atoms with E-state index in [0.29, 0.717) is 12.1 Å². The lowest BCUT2D eigenvalue weighted by molar-refractivity contribution is -0.113. The molecule has 0 saturated carbocycles. The smallest absolute Gasteiger partial charge is 0.316 e. The molecule has 3 saturated heterocycles. The second kappa shape index (κ2) is 7.56. The fourth-order valence-electron chi connectivity index (χ4n) is 4.87. The molecule has 0 unspecified atom stereocenters. The van der Waals surface area contributed by atoms with Crippen LogP contribution in [0, 0.1) is 0 Å². The Kier molecular flexibility index (Phi) is 5.20. The van der Waals surface area contributed by atoms with Crippen LogP contribution in [0.3, 0.4) is 0 Å². The third-order valence-corrected chi connectivity index (χ3v) is 6.14. The van der Waals surface area contributed by atoms with Crippen molar-refractivity contribution in [3.63, 3.8) is 0 Å². The zero-order valence-electron chi connectivity index (χ0n) is 15.0. The molecule has 4 rings (SSSR count). The van der Waals surface area contributed by atoms with Crippen molar-refractivity contribution in [2.24, 2.45) is 0 Å². The van der Waals surface area contributed by atoms with E-state index in [-0.39, 0.29) is 6.10 Å². The van der Waals surface area contributed by atoms with Crippen molar-refractivity contribution < 1.29 is 9.84 Å². The topological polar surface area (TPSA) is 61.7 Å². The molecule has 0 aliphatic carbocycles. The monoisotopic (exact) mass is 346 g/mol. The predicted molar refractivity (Wildman–Crippen MR) is 95.5 cm³/mol. The number of β-amino-alcohol motifs (C(OH)–C–C–N with tert-alkyl or cyclic N) is 1. The lowest BCUT2D eigenvalue weighted by Gasteiger charge is -2.51. The van der Waals surface area contributed by atoms with Gasteiger partial charge in [-0.25, -0.2) is 9.97 Å². The highest BCUT2D eigenvalue weighted by Gasteiger charge is 2.45. The summed E-state index contributed by atoms with van der Waals surface area (Å²) in [6.07, 6.45) is 11.3. The number of hydrogen-bond donors (Lipinski definition) is 1. The summed E-state index contributed by atoms with van der Waals surface area (Å²) in [5.41, 5.74) is -0.533. The van der Waals surface area contributed by atoms with Gasteiger partial charge in [-0.2, -0.15) is 0 Å².